The summed E-state index contributed by atoms with van der Waals surface area (Å²) in [6.07, 6.45) is 3.17. The third-order valence-electron chi connectivity index (χ3n) is 17.1. The highest BCUT2D eigenvalue weighted by Crippen LogP contribution is 2.64. The van der Waals surface area contributed by atoms with Crippen molar-refractivity contribution in [3.8, 4) is 67.4 Å². The fourth-order valence-corrected chi connectivity index (χ4v) is 16.5. The van der Waals surface area contributed by atoms with Crippen molar-refractivity contribution in [1.82, 2.24) is 17.5 Å². The van der Waals surface area contributed by atoms with Crippen molar-refractivity contribution < 1.29 is 0 Å². The van der Waals surface area contributed by atoms with Gasteiger partial charge in [-0.05, 0) is 166 Å². The Morgan fingerprint density at radius 1 is 0.357 bits per heavy atom. The summed E-state index contributed by atoms with van der Waals surface area (Å²) in [7, 11) is 0. The van der Waals surface area contributed by atoms with Crippen LogP contribution in [0.1, 0.15) is 77.9 Å². The molecule has 4 heterocycles. The van der Waals surface area contributed by atoms with Crippen LogP contribution in [0.25, 0.3) is 97.5 Å². The lowest BCUT2D eigenvalue weighted by molar-refractivity contribution is 0.759. The fraction of sp³-hybridized carbons (Fsp3) is 0.0833. The Labute approximate surface area is 500 Å². The highest BCUT2D eigenvalue weighted by Gasteiger charge is 2.52. The molecular weight excluding hydrogens is 1110 g/mol. The predicted molar refractivity (Wildman–Crippen MR) is 342 cm³/mol. The van der Waals surface area contributed by atoms with E-state index in [1.54, 1.807) is 34.8 Å². The number of aromatic nitrogens is 4. The first-order valence-corrected chi connectivity index (χ1v) is 30.3. The molecule has 0 atom stereocenters. The molecule has 84 heavy (non-hydrogen) atoms. The molecule has 9 aromatic carbocycles. The average Bonchev–Trinajstić information content (AvgIpc) is 1.55. The number of hydrogen-bond donors (Lipinski definition) is 0. The van der Waals surface area contributed by atoms with Gasteiger partial charge >= 0.3 is 0 Å². The monoisotopic (exact) mass is 1150 g/mol. The summed E-state index contributed by atoms with van der Waals surface area (Å²) in [6.45, 7) is 8.61. The van der Waals surface area contributed by atoms with Gasteiger partial charge in [0, 0.05) is 41.4 Å². The van der Waals surface area contributed by atoms with E-state index < -0.39 is 10.8 Å². The minimum Gasteiger partial charge on any atom is -0.192 e. The quantitative estimate of drug-likeness (QED) is 0.137. The molecule has 12 heteroatoms. The van der Waals surface area contributed by atoms with Crippen LogP contribution in [-0.2, 0) is 10.8 Å². The van der Waals surface area contributed by atoms with E-state index in [4.69, 9.17) is 8.75 Å². The Kier molecular flexibility index (Phi) is 11.7. The number of rotatable bonds is 8. The van der Waals surface area contributed by atoms with Crippen LogP contribution in [0.4, 0.5) is 0 Å². The standard InChI is InChI=1S/C72H42N8S4/c1-39-5-15-49(16-6-39)71(50-17-7-40(2)8-18-50)59-31-58-56-28-48-30-66(54-24-14-46(26-44(37-75)38-76)68-70(54)80-84-78-68)82-64(48)34-62(56)72(51-19-9-41(3)10-20-51,52-21-11-42(4)12-22-52)60(58)32-57(59)55-27-47-29-65(81-63(47)33-61(55)71)53-23-13-45(25-43(35-73)36-74)67-69(53)79-83-77-67/h5-34H,1-4H3. The molecule has 0 fully saturated rings. The molecular formula is C72H42N8S4. The molecule has 0 saturated heterocycles. The zero-order chi connectivity index (χ0) is 57.2. The van der Waals surface area contributed by atoms with Gasteiger partial charge in [0.1, 0.15) is 57.5 Å². The Hall–Kier alpha value is -10.0. The lowest BCUT2D eigenvalue weighted by atomic mass is 9.65. The van der Waals surface area contributed by atoms with Gasteiger partial charge in [0.2, 0.25) is 0 Å². The summed E-state index contributed by atoms with van der Waals surface area (Å²) < 4.78 is 21.2. The minimum absolute atomic E-state index is 0.0117. The van der Waals surface area contributed by atoms with E-state index in [0.29, 0.717) is 22.2 Å². The highest BCUT2D eigenvalue weighted by molar-refractivity contribution is 7.22. The SMILES string of the molecule is Cc1ccc(C2(c3ccc(C)cc3)c3cc4c(cc3-c3cc5cc(-c6ccc(C=C(C#N)C#N)c7nsnc67)sc5cc32)C(c2ccc(C)cc2)(c2ccc(C)cc2)c2cc3sc(-c5ccc(C=C(C#N)C#N)c6nsnc56)cc3cc2-4)cc1. The van der Waals surface area contributed by atoms with E-state index in [9.17, 15) is 21.0 Å². The molecule has 0 spiro atoms. The summed E-state index contributed by atoms with van der Waals surface area (Å²) in [5.41, 5.74) is 23.7. The Bertz CT molecular complexity index is 4770. The Morgan fingerprint density at radius 3 is 1.00 bits per heavy atom. The lowest BCUT2D eigenvalue weighted by Crippen LogP contribution is -2.30. The van der Waals surface area contributed by atoms with Crippen molar-refractivity contribution in [2.75, 3.05) is 0 Å². The largest absolute Gasteiger partial charge is 0.192 e. The summed E-state index contributed by atoms with van der Waals surface area (Å²) in [6, 6.07) is 71.9. The Morgan fingerprint density at radius 2 is 0.667 bits per heavy atom. The number of hydrogen-bond acceptors (Lipinski definition) is 12. The van der Waals surface area contributed by atoms with Crippen molar-refractivity contribution >= 4 is 101 Å². The molecule has 0 radical (unpaired) electrons. The number of nitrogens with zero attached hydrogens (tertiary/aromatic N) is 8. The zero-order valence-electron chi connectivity index (χ0n) is 45.5. The second kappa shape index (κ2) is 19.3. The summed E-state index contributed by atoms with van der Waals surface area (Å²) >= 11 is 5.74. The molecule has 15 rings (SSSR count). The van der Waals surface area contributed by atoms with Gasteiger partial charge in [-0.25, -0.2) is 0 Å². The number of benzene rings is 9. The molecule has 13 aromatic rings. The third-order valence-corrected chi connectivity index (χ3v) is 20.4. The predicted octanol–water partition coefficient (Wildman–Crippen LogP) is 18.3. The molecule has 2 aliphatic rings. The summed E-state index contributed by atoms with van der Waals surface area (Å²) in [4.78, 5) is 2.10. The van der Waals surface area contributed by atoms with Crippen molar-refractivity contribution in [3.05, 3.63) is 259 Å². The second-order valence-electron chi connectivity index (χ2n) is 21.9. The maximum absolute atomic E-state index is 9.63. The van der Waals surface area contributed by atoms with Crippen LogP contribution in [0.5, 0.6) is 0 Å². The first kappa shape index (κ1) is 50.9. The van der Waals surface area contributed by atoms with Gasteiger partial charge < -0.3 is 0 Å². The van der Waals surface area contributed by atoms with Gasteiger partial charge in [-0.15, -0.1) is 22.7 Å². The minimum atomic E-state index is -0.743. The molecule has 0 bridgehead atoms. The van der Waals surface area contributed by atoms with E-state index in [0.717, 1.165) is 75.5 Å². The molecule has 0 unspecified atom stereocenters. The molecule has 0 amide bonds. The van der Waals surface area contributed by atoms with E-state index in [-0.39, 0.29) is 11.1 Å². The van der Waals surface area contributed by atoms with Gasteiger partial charge in [-0.2, -0.15) is 38.5 Å². The van der Waals surface area contributed by atoms with Crippen LogP contribution in [0.2, 0.25) is 0 Å². The van der Waals surface area contributed by atoms with E-state index >= 15 is 0 Å². The lowest BCUT2D eigenvalue weighted by Gasteiger charge is -2.36. The number of fused-ring (bicyclic) bond motifs is 10. The average molecular weight is 1150 g/mol. The van der Waals surface area contributed by atoms with Crippen molar-refractivity contribution in [3.63, 3.8) is 0 Å². The molecule has 0 saturated carbocycles. The third kappa shape index (κ3) is 7.49. The van der Waals surface area contributed by atoms with Crippen molar-refractivity contribution in [1.29, 1.82) is 21.0 Å². The molecule has 394 valence electrons. The number of allylic oxidation sites excluding steroid dienone is 2. The van der Waals surface area contributed by atoms with Crippen LogP contribution in [0, 0.1) is 73.0 Å². The molecule has 8 nitrogen and oxygen atoms in total. The van der Waals surface area contributed by atoms with E-state index in [1.165, 1.54) is 89.0 Å². The van der Waals surface area contributed by atoms with Crippen LogP contribution >= 0.6 is 46.1 Å². The first-order chi connectivity index (χ1) is 41.0. The zero-order valence-corrected chi connectivity index (χ0v) is 48.8. The highest BCUT2D eigenvalue weighted by atomic mass is 32.1. The smallest absolute Gasteiger partial charge is 0.130 e. The van der Waals surface area contributed by atoms with Gasteiger partial charge in [0.25, 0.3) is 0 Å². The van der Waals surface area contributed by atoms with Crippen LogP contribution in [0.15, 0.2) is 181 Å². The number of thiophene rings is 2. The van der Waals surface area contributed by atoms with Gasteiger partial charge in [0.15, 0.2) is 0 Å². The van der Waals surface area contributed by atoms with Crippen LogP contribution in [-0.4, -0.2) is 17.5 Å². The maximum atomic E-state index is 9.63. The number of aryl methyl sites for hydroxylation is 4. The Balaban J connectivity index is 1.02. The van der Waals surface area contributed by atoms with Crippen LogP contribution in [0.3, 0.4) is 0 Å². The molecule has 4 aromatic heterocycles. The van der Waals surface area contributed by atoms with E-state index in [2.05, 4.69) is 182 Å². The van der Waals surface area contributed by atoms with Crippen molar-refractivity contribution in [2.45, 2.75) is 38.5 Å². The fourth-order valence-electron chi connectivity index (χ4n) is 13.1. The van der Waals surface area contributed by atoms with E-state index in [1.807, 2.05) is 48.5 Å². The van der Waals surface area contributed by atoms with Gasteiger partial charge in [-0.3, -0.25) is 0 Å². The van der Waals surface area contributed by atoms with Crippen molar-refractivity contribution in [2.24, 2.45) is 0 Å². The van der Waals surface area contributed by atoms with Crippen LogP contribution < -0.4 is 0 Å². The maximum Gasteiger partial charge on any atom is 0.130 e. The first-order valence-electron chi connectivity index (χ1n) is 27.2. The molecule has 0 N–H and O–H groups in total. The summed E-state index contributed by atoms with van der Waals surface area (Å²) in [5, 5.41) is 40.8. The number of nitriles is 4. The second-order valence-corrected chi connectivity index (χ2v) is 25.1. The topological polar surface area (TPSA) is 147 Å². The molecule has 2 aliphatic carbocycles. The normalized spacial score (nSPS) is 13.1. The van der Waals surface area contributed by atoms with Gasteiger partial charge in [-0.1, -0.05) is 144 Å². The summed E-state index contributed by atoms with van der Waals surface area (Å²) in [5.74, 6) is 0. The molecule has 0 aliphatic heterocycles. The van der Waals surface area contributed by atoms with Gasteiger partial charge in [0.05, 0.1) is 34.3 Å².